The molecule has 0 radical (unpaired) electrons. The first-order valence-corrected chi connectivity index (χ1v) is 7.06. The fraction of sp³-hybridized carbons (Fsp3) is 0.929. The Hall–Kier alpha value is -0.590. The van der Waals surface area contributed by atoms with Crippen molar-refractivity contribution in [1.29, 1.82) is 5.26 Å². The second-order valence-corrected chi connectivity index (χ2v) is 5.79. The summed E-state index contributed by atoms with van der Waals surface area (Å²) in [7, 11) is 1.95. The first-order valence-electron chi connectivity index (χ1n) is 7.06. The van der Waals surface area contributed by atoms with Crippen LogP contribution in [0.3, 0.4) is 0 Å². The first-order chi connectivity index (χ1) is 8.24. The van der Waals surface area contributed by atoms with Gasteiger partial charge in [0.25, 0.3) is 0 Å². The molecule has 0 aromatic heterocycles. The van der Waals surface area contributed by atoms with Crippen LogP contribution < -0.4 is 5.32 Å². The number of nitrogens with one attached hydrogen (secondary N) is 1. The van der Waals surface area contributed by atoms with Crippen LogP contribution in [0.4, 0.5) is 0 Å². The lowest BCUT2D eigenvalue weighted by Crippen LogP contribution is -2.53. The second-order valence-electron chi connectivity index (χ2n) is 5.79. The van der Waals surface area contributed by atoms with Gasteiger partial charge in [-0.25, -0.2) is 0 Å². The SMILES string of the molecule is CCCN(CC1CC1)CC(C#N)(NC)C1CC1. The molecule has 1 atom stereocenters. The lowest BCUT2D eigenvalue weighted by atomic mass is 9.94. The standard InChI is InChI=1S/C14H25N3/c1-3-8-17(9-12-4-5-12)11-14(10-15,16-2)13-6-7-13/h12-13,16H,3-9,11H2,1-2H3. The van der Waals surface area contributed by atoms with Crippen LogP contribution >= 0.6 is 0 Å². The molecule has 0 aromatic rings. The van der Waals surface area contributed by atoms with Gasteiger partial charge in [0.1, 0.15) is 5.54 Å². The Morgan fingerprint density at radius 1 is 1.35 bits per heavy atom. The number of hydrogen-bond donors (Lipinski definition) is 1. The van der Waals surface area contributed by atoms with Crippen LogP contribution in [0.5, 0.6) is 0 Å². The van der Waals surface area contributed by atoms with E-state index in [4.69, 9.17) is 0 Å². The minimum absolute atomic E-state index is 0.288. The molecule has 2 saturated carbocycles. The Morgan fingerprint density at radius 3 is 2.47 bits per heavy atom. The van der Waals surface area contributed by atoms with Crippen molar-refractivity contribution in [3.05, 3.63) is 0 Å². The Bertz CT molecular complexity index is 288. The third kappa shape index (κ3) is 3.20. The van der Waals surface area contributed by atoms with Gasteiger partial charge in [0.05, 0.1) is 6.07 Å². The van der Waals surface area contributed by atoms with Gasteiger partial charge in [-0.05, 0) is 57.5 Å². The van der Waals surface area contributed by atoms with Crippen molar-refractivity contribution in [2.45, 2.75) is 44.6 Å². The molecule has 2 aliphatic carbocycles. The molecule has 0 aromatic carbocycles. The van der Waals surface area contributed by atoms with Gasteiger partial charge in [-0.15, -0.1) is 0 Å². The molecule has 0 spiro atoms. The highest BCUT2D eigenvalue weighted by Crippen LogP contribution is 2.40. The molecule has 0 amide bonds. The summed E-state index contributed by atoms with van der Waals surface area (Å²) in [5, 5.41) is 12.8. The summed E-state index contributed by atoms with van der Waals surface area (Å²) >= 11 is 0. The smallest absolute Gasteiger partial charge is 0.122 e. The third-order valence-corrected chi connectivity index (χ3v) is 4.15. The van der Waals surface area contributed by atoms with Crippen LogP contribution in [0.15, 0.2) is 0 Å². The van der Waals surface area contributed by atoms with Crippen LogP contribution in [-0.2, 0) is 0 Å². The van der Waals surface area contributed by atoms with Crippen LogP contribution in [0.25, 0.3) is 0 Å². The predicted molar refractivity (Wildman–Crippen MR) is 69.6 cm³/mol. The minimum Gasteiger partial charge on any atom is -0.301 e. The number of nitrogens with zero attached hydrogens (tertiary/aromatic N) is 2. The average molecular weight is 235 g/mol. The maximum atomic E-state index is 9.51. The maximum absolute atomic E-state index is 9.51. The van der Waals surface area contributed by atoms with E-state index in [0.29, 0.717) is 5.92 Å². The number of hydrogen-bond acceptors (Lipinski definition) is 3. The monoisotopic (exact) mass is 235 g/mol. The highest BCUT2D eigenvalue weighted by Gasteiger charge is 2.45. The third-order valence-electron chi connectivity index (χ3n) is 4.15. The first kappa shape index (κ1) is 12.9. The fourth-order valence-corrected chi connectivity index (χ4v) is 2.74. The van der Waals surface area contributed by atoms with E-state index in [-0.39, 0.29) is 5.54 Å². The molecule has 1 N–H and O–H groups in total. The zero-order chi connectivity index (χ0) is 12.3. The van der Waals surface area contributed by atoms with E-state index in [1.54, 1.807) is 0 Å². The van der Waals surface area contributed by atoms with Gasteiger partial charge < -0.3 is 10.2 Å². The highest BCUT2D eigenvalue weighted by molar-refractivity contribution is 5.16. The Balaban J connectivity index is 1.95. The number of rotatable bonds is 8. The zero-order valence-electron chi connectivity index (χ0n) is 11.2. The average Bonchev–Trinajstić information content (AvgIpc) is 3.16. The lowest BCUT2D eigenvalue weighted by molar-refractivity contribution is 0.195. The molecular weight excluding hydrogens is 210 g/mol. The maximum Gasteiger partial charge on any atom is 0.122 e. The van der Waals surface area contributed by atoms with Crippen molar-refractivity contribution in [2.75, 3.05) is 26.7 Å². The van der Waals surface area contributed by atoms with Gasteiger partial charge in [-0.2, -0.15) is 5.26 Å². The van der Waals surface area contributed by atoms with E-state index >= 15 is 0 Å². The summed E-state index contributed by atoms with van der Waals surface area (Å²) in [6.07, 6.45) is 6.41. The van der Waals surface area contributed by atoms with Crippen LogP contribution in [0.1, 0.15) is 39.0 Å². The molecule has 0 aliphatic heterocycles. The predicted octanol–water partition coefficient (Wildman–Crippen LogP) is 2.00. The largest absolute Gasteiger partial charge is 0.301 e. The molecule has 1 unspecified atom stereocenters. The van der Waals surface area contributed by atoms with Crippen molar-refractivity contribution < 1.29 is 0 Å². The molecule has 2 rings (SSSR count). The van der Waals surface area contributed by atoms with Crippen LogP contribution in [-0.4, -0.2) is 37.1 Å². The zero-order valence-corrected chi connectivity index (χ0v) is 11.2. The van der Waals surface area contributed by atoms with Gasteiger partial charge in [-0.1, -0.05) is 6.92 Å². The molecule has 2 aliphatic rings. The van der Waals surface area contributed by atoms with Gasteiger partial charge in [0.2, 0.25) is 0 Å². The van der Waals surface area contributed by atoms with Crippen molar-refractivity contribution in [2.24, 2.45) is 11.8 Å². The number of nitriles is 1. The minimum atomic E-state index is -0.288. The number of likely N-dealkylation sites (N-methyl/N-ethyl adjacent to an activating group) is 1. The van der Waals surface area contributed by atoms with Crippen LogP contribution in [0, 0.1) is 23.2 Å². The second kappa shape index (κ2) is 5.37. The van der Waals surface area contributed by atoms with Crippen molar-refractivity contribution in [1.82, 2.24) is 10.2 Å². The van der Waals surface area contributed by atoms with E-state index in [0.717, 1.165) is 19.0 Å². The van der Waals surface area contributed by atoms with E-state index < -0.39 is 0 Å². The molecule has 0 saturated heterocycles. The Labute approximate surface area is 105 Å². The normalized spacial score (nSPS) is 23.4. The van der Waals surface area contributed by atoms with Crippen LogP contribution in [0.2, 0.25) is 0 Å². The summed E-state index contributed by atoms with van der Waals surface area (Å²) in [5.74, 6) is 1.49. The molecular formula is C14H25N3. The molecule has 96 valence electrons. The molecule has 2 fully saturated rings. The van der Waals surface area contributed by atoms with Crippen molar-refractivity contribution in [3.8, 4) is 6.07 Å². The van der Waals surface area contributed by atoms with E-state index in [2.05, 4.69) is 23.2 Å². The fourth-order valence-electron chi connectivity index (χ4n) is 2.74. The summed E-state index contributed by atoms with van der Waals surface area (Å²) in [6, 6.07) is 2.56. The molecule has 17 heavy (non-hydrogen) atoms. The van der Waals surface area contributed by atoms with E-state index in [1.807, 2.05) is 7.05 Å². The highest BCUT2D eigenvalue weighted by atomic mass is 15.2. The summed E-state index contributed by atoms with van der Waals surface area (Å²) in [4.78, 5) is 2.51. The van der Waals surface area contributed by atoms with Crippen molar-refractivity contribution in [3.63, 3.8) is 0 Å². The van der Waals surface area contributed by atoms with Crippen molar-refractivity contribution >= 4 is 0 Å². The van der Waals surface area contributed by atoms with Gasteiger partial charge in [0, 0.05) is 13.1 Å². The quantitative estimate of drug-likeness (QED) is 0.699. The summed E-state index contributed by atoms with van der Waals surface area (Å²) in [5.41, 5.74) is -0.288. The topological polar surface area (TPSA) is 39.1 Å². The Kier molecular flexibility index (Phi) is 4.06. The van der Waals surface area contributed by atoms with Gasteiger partial charge in [-0.3, -0.25) is 0 Å². The summed E-state index contributed by atoms with van der Waals surface area (Å²) < 4.78 is 0. The molecule has 0 bridgehead atoms. The van der Waals surface area contributed by atoms with Gasteiger partial charge in [0.15, 0.2) is 0 Å². The molecule has 3 heteroatoms. The Morgan fingerprint density at radius 2 is 2.06 bits per heavy atom. The molecule has 0 heterocycles. The van der Waals surface area contributed by atoms with E-state index in [1.165, 1.54) is 38.6 Å². The summed E-state index contributed by atoms with van der Waals surface area (Å²) in [6.45, 7) is 5.47. The lowest BCUT2D eigenvalue weighted by Gasteiger charge is -2.33. The molecule has 3 nitrogen and oxygen atoms in total. The van der Waals surface area contributed by atoms with E-state index in [9.17, 15) is 5.26 Å². The van der Waals surface area contributed by atoms with Gasteiger partial charge >= 0.3 is 0 Å².